The van der Waals surface area contributed by atoms with Crippen LogP contribution in [-0.2, 0) is 13.1 Å². The summed E-state index contributed by atoms with van der Waals surface area (Å²) in [6, 6.07) is 9.37. The average molecular weight is 327 g/mol. The monoisotopic (exact) mass is 327 g/mol. The molecule has 3 rings (SSSR count). The zero-order chi connectivity index (χ0) is 16.8. The summed E-state index contributed by atoms with van der Waals surface area (Å²) >= 11 is 0. The van der Waals surface area contributed by atoms with Gasteiger partial charge in [0.15, 0.2) is 11.5 Å². The lowest BCUT2D eigenvalue weighted by Gasteiger charge is -2.11. The molecule has 0 aliphatic carbocycles. The molecule has 2 amide bonds. The fourth-order valence-corrected chi connectivity index (χ4v) is 2.35. The third-order valence-corrected chi connectivity index (χ3v) is 3.69. The summed E-state index contributed by atoms with van der Waals surface area (Å²) in [7, 11) is 0. The summed E-state index contributed by atoms with van der Waals surface area (Å²) < 4.78 is 11.2. The van der Waals surface area contributed by atoms with Gasteiger partial charge in [0.05, 0.1) is 13.2 Å². The van der Waals surface area contributed by atoms with Crippen LogP contribution in [0.15, 0.2) is 36.5 Å². The number of carbonyl (C=O) groups excluding carboxylic acids is 1. The second-order valence-electron chi connectivity index (χ2n) is 5.68. The Morgan fingerprint density at radius 2 is 1.75 bits per heavy atom. The topological polar surface area (TPSA) is 72.5 Å². The molecule has 6 nitrogen and oxygen atoms in total. The van der Waals surface area contributed by atoms with Gasteiger partial charge in [-0.05, 0) is 36.2 Å². The zero-order valence-corrected chi connectivity index (χ0v) is 13.7. The average Bonchev–Trinajstić information content (AvgIpc) is 2.84. The smallest absolute Gasteiger partial charge is 0.315 e. The summed E-state index contributed by atoms with van der Waals surface area (Å²) in [5.41, 5.74) is 2.88. The second-order valence-corrected chi connectivity index (χ2v) is 5.68. The Kier molecular flexibility index (Phi) is 5.15. The van der Waals surface area contributed by atoms with Crippen LogP contribution in [0.1, 0.15) is 23.2 Å². The third kappa shape index (κ3) is 4.38. The molecule has 2 heterocycles. The molecule has 0 fully saturated rings. The molecule has 2 N–H and O–H groups in total. The molecule has 1 aromatic carbocycles. The van der Waals surface area contributed by atoms with Gasteiger partial charge in [0.25, 0.3) is 0 Å². The standard InChI is InChI=1S/C18H21N3O3/c1-13-3-4-15(11-19-13)12-21-18(22)20-10-14-5-6-16-17(9-14)24-8-2-7-23-16/h3-6,9,11H,2,7-8,10,12H2,1H3,(H2,20,21,22). The molecule has 0 saturated carbocycles. The number of aryl methyl sites for hydroxylation is 1. The van der Waals surface area contributed by atoms with E-state index in [-0.39, 0.29) is 6.03 Å². The van der Waals surface area contributed by atoms with Crippen molar-refractivity contribution in [2.45, 2.75) is 26.4 Å². The molecule has 0 bridgehead atoms. The number of amides is 2. The first-order chi connectivity index (χ1) is 11.7. The highest BCUT2D eigenvalue weighted by Crippen LogP contribution is 2.30. The Morgan fingerprint density at radius 1 is 1.04 bits per heavy atom. The molecule has 0 radical (unpaired) electrons. The predicted molar refractivity (Wildman–Crippen MR) is 90.1 cm³/mol. The van der Waals surface area contributed by atoms with Crippen LogP contribution in [0, 0.1) is 6.92 Å². The van der Waals surface area contributed by atoms with E-state index in [1.165, 1.54) is 0 Å². The molecule has 0 saturated heterocycles. The largest absolute Gasteiger partial charge is 0.490 e. The summed E-state index contributed by atoms with van der Waals surface area (Å²) in [4.78, 5) is 16.1. The molecule has 6 heteroatoms. The van der Waals surface area contributed by atoms with Gasteiger partial charge in [-0.2, -0.15) is 0 Å². The summed E-state index contributed by atoms with van der Waals surface area (Å²) in [6.45, 7) is 4.11. The SMILES string of the molecule is Cc1ccc(CNC(=O)NCc2ccc3c(c2)OCCCO3)cn1. The number of fused-ring (bicyclic) bond motifs is 1. The van der Waals surface area contributed by atoms with Crippen molar-refractivity contribution in [2.24, 2.45) is 0 Å². The van der Waals surface area contributed by atoms with E-state index in [2.05, 4.69) is 15.6 Å². The Labute approximate surface area is 141 Å². The first kappa shape index (κ1) is 16.1. The van der Waals surface area contributed by atoms with Crippen molar-refractivity contribution in [2.75, 3.05) is 13.2 Å². The Balaban J connectivity index is 1.49. The lowest BCUT2D eigenvalue weighted by molar-refractivity contribution is 0.240. The fourth-order valence-electron chi connectivity index (χ4n) is 2.35. The minimum atomic E-state index is -0.220. The molecule has 0 unspecified atom stereocenters. The molecule has 1 aromatic heterocycles. The molecule has 0 spiro atoms. The Morgan fingerprint density at radius 3 is 2.50 bits per heavy atom. The third-order valence-electron chi connectivity index (χ3n) is 3.69. The van der Waals surface area contributed by atoms with E-state index in [0.29, 0.717) is 26.3 Å². The Hall–Kier alpha value is -2.76. The van der Waals surface area contributed by atoms with Crippen LogP contribution in [0.2, 0.25) is 0 Å². The molecule has 0 atom stereocenters. The number of rotatable bonds is 4. The van der Waals surface area contributed by atoms with Crippen LogP contribution in [0.3, 0.4) is 0 Å². The van der Waals surface area contributed by atoms with Crippen LogP contribution in [0.4, 0.5) is 4.79 Å². The van der Waals surface area contributed by atoms with Gasteiger partial charge in [0.2, 0.25) is 0 Å². The minimum Gasteiger partial charge on any atom is -0.490 e. The highest BCUT2D eigenvalue weighted by Gasteiger charge is 2.11. The second kappa shape index (κ2) is 7.68. The molecule has 1 aliphatic rings. The maximum atomic E-state index is 11.9. The number of hydrogen-bond donors (Lipinski definition) is 2. The first-order valence-electron chi connectivity index (χ1n) is 8.02. The van der Waals surface area contributed by atoms with Crippen molar-refractivity contribution in [3.8, 4) is 11.5 Å². The number of urea groups is 1. The maximum Gasteiger partial charge on any atom is 0.315 e. The van der Waals surface area contributed by atoms with Gasteiger partial charge in [0, 0.05) is 31.4 Å². The number of nitrogens with one attached hydrogen (secondary N) is 2. The van der Waals surface area contributed by atoms with E-state index in [1.54, 1.807) is 6.20 Å². The number of nitrogens with zero attached hydrogens (tertiary/aromatic N) is 1. The summed E-state index contributed by atoms with van der Waals surface area (Å²) in [5, 5.41) is 5.65. The maximum absolute atomic E-state index is 11.9. The number of ether oxygens (including phenoxy) is 2. The Bertz CT molecular complexity index is 701. The number of carbonyl (C=O) groups is 1. The molecular weight excluding hydrogens is 306 g/mol. The van der Waals surface area contributed by atoms with E-state index in [0.717, 1.165) is 34.7 Å². The minimum absolute atomic E-state index is 0.220. The summed E-state index contributed by atoms with van der Waals surface area (Å²) in [5.74, 6) is 1.49. The quantitative estimate of drug-likeness (QED) is 0.905. The van der Waals surface area contributed by atoms with E-state index < -0.39 is 0 Å². The van der Waals surface area contributed by atoms with Crippen LogP contribution >= 0.6 is 0 Å². The van der Waals surface area contributed by atoms with E-state index in [1.807, 2.05) is 37.3 Å². The molecule has 1 aliphatic heterocycles. The molecule has 2 aromatic rings. The van der Waals surface area contributed by atoms with E-state index >= 15 is 0 Å². The van der Waals surface area contributed by atoms with E-state index in [9.17, 15) is 4.79 Å². The fraction of sp³-hybridized carbons (Fsp3) is 0.333. The van der Waals surface area contributed by atoms with Gasteiger partial charge in [-0.25, -0.2) is 4.79 Å². The number of benzene rings is 1. The number of hydrogen-bond acceptors (Lipinski definition) is 4. The lowest BCUT2D eigenvalue weighted by Crippen LogP contribution is -2.34. The van der Waals surface area contributed by atoms with Crippen molar-refractivity contribution in [1.29, 1.82) is 0 Å². The highest BCUT2D eigenvalue weighted by atomic mass is 16.5. The van der Waals surface area contributed by atoms with Crippen molar-refractivity contribution in [1.82, 2.24) is 15.6 Å². The molecule has 126 valence electrons. The number of pyridine rings is 1. The van der Waals surface area contributed by atoms with Crippen molar-refractivity contribution in [3.05, 3.63) is 53.3 Å². The first-order valence-corrected chi connectivity index (χ1v) is 8.02. The van der Waals surface area contributed by atoms with Gasteiger partial charge in [0.1, 0.15) is 0 Å². The van der Waals surface area contributed by atoms with E-state index in [4.69, 9.17) is 9.47 Å². The highest BCUT2D eigenvalue weighted by molar-refractivity contribution is 5.73. The van der Waals surface area contributed by atoms with Crippen LogP contribution in [0.25, 0.3) is 0 Å². The number of aromatic nitrogens is 1. The summed E-state index contributed by atoms with van der Waals surface area (Å²) in [6.07, 6.45) is 2.64. The van der Waals surface area contributed by atoms with Gasteiger partial charge in [-0.1, -0.05) is 12.1 Å². The van der Waals surface area contributed by atoms with Gasteiger partial charge in [-0.15, -0.1) is 0 Å². The van der Waals surface area contributed by atoms with Gasteiger partial charge < -0.3 is 20.1 Å². The van der Waals surface area contributed by atoms with Gasteiger partial charge in [-0.3, -0.25) is 4.98 Å². The lowest BCUT2D eigenvalue weighted by atomic mass is 10.2. The predicted octanol–water partition coefficient (Wildman–Crippen LogP) is 2.55. The molecular formula is C18H21N3O3. The van der Waals surface area contributed by atoms with Crippen molar-refractivity contribution >= 4 is 6.03 Å². The zero-order valence-electron chi connectivity index (χ0n) is 13.7. The van der Waals surface area contributed by atoms with Gasteiger partial charge >= 0.3 is 6.03 Å². The van der Waals surface area contributed by atoms with Crippen LogP contribution in [0.5, 0.6) is 11.5 Å². The van der Waals surface area contributed by atoms with Crippen LogP contribution < -0.4 is 20.1 Å². The molecule has 24 heavy (non-hydrogen) atoms. The normalized spacial score (nSPS) is 13.0. The van der Waals surface area contributed by atoms with Crippen LogP contribution in [-0.4, -0.2) is 24.2 Å². The van der Waals surface area contributed by atoms with Crippen molar-refractivity contribution < 1.29 is 14.3 Å². The van der Waals surface area contributed by atoms with Crippen molar-refractivity contribution in [3.63, 3.8) is 0 Å².